The molecule has 154 valence electrons. The number of carboxylic acid groups (broad SMARTS) is 1. The highest BCUT2D eigenvalue weighted by Gasteiger charge is 2.20. The SMILES string of the molecule is N#CC(c1ccnc(NCCc2ccc(NC(=O)O)cc2)n1)c1nc2ccccc2s1. The molecule has 1 unspecified atom stereocenters. The Kier molecular flexibility index (Phi) is 6.01. The summed E-state index contributed by atoms with van der Waals surface area (Å²) in [6.07, 6.45) is 1.25. The molecule has 9 heteroatoms. The molecule has 0 saturated carbocycles. The minimum Gasteiger partial charge on any atom is -0.465 e. The van der Waals surface area contributed by atoms with Crippen molar-refractivity contribution in [2.24, 2.45) is 0 Å². The smallest absolute Gasteiger partial charge is 0.409 e. The maximum absolute atomic E-state index is 10.7. The molecule has 0 saturated heterocycles. The second-order valence-corrected chi connectivity index (χ2v) is 7.75. The Hall–Kier alpha value is -4.03. The number of nitrogens with zero attached hydrogens (tertiary/aromatic N) is 4. The van der Waals surface area contributed by atoms with Crippen LogP contribution in [0, 0.1) is 11.3 Å². The maximum Gasteiger partial charge on any atom is 0.409 e. The first-order valence-corrected chi connectivity index (χ1v) is 10.3. The van der Waals surface area contributed by atoms with E-state index in [0.717, 1.165) is 15.8 Å². The molecular weight excluding hydrogens is 412 g/mol. The molecule has 0 spiro atoms. The van der Waals surface area contributed by atoms with Gasteiger partial charge in [0.05, 0.1) is 22.0 Å². The zero-order valence-corrected chi connectivity index (χ0v) is 17.1. The van der Waals surface area contributed by atoms with Crippen LogP contribution in [-0.2, 0) is 6.42 Å². The van der Waals surface area contributed by atoms with Gasteiger partial charge in [0.25, 0.3) is 0 Å². The highest BCUT2D eigenvalue weighted by Crippen LogP contribution is 2.30. The van der Waals surface area contributed by atoms with E-state index in [1.807, 2.05) is 36.4 Å². The lowest BCUT2D eigenvalue weighted by Gasteiger charge is -2.09. The molecule has 1 amide bonds. The number of hydrogen-bond donors (Lipinski definition) is 3. The zero-order valence-electron chi connectivity index (χ0n) is 16.3. The monoisotopic (exact) mass is 430 g/mol. The maximum atomic E-state index is 10.7. The third-order valence-electron chi connectivity index (χ3n) is 4.56. The summed E-state index contributed by atoms with van der Waals surface area (Å²) in [5.74, 6) is -0.113. The lowest BCUT2D eigenvalue weighted by molar-refractivity contribution is 0.209. The van der Waals surface area contributed by atoms with E-state index in [4.69, 9.17) is 5.11 Å². The molecule has 8 nitrogen and oxygen atoms in total. The highest BCUT2D eigenvalue weighted by molar-refractivity contribution is 7.18. The summed E-state index contributed by atoms with van der Waals surface area (Å²) in [6, 6.07) is 19.0. The number of nitrogens with one attached hydrogen (secondary N) is 2. The Morgan fingerprint density at radius 2 is 1.94 bits per heavy atom. The number of aromatic nitrogens is 3. The molecule has 4 rings (SSSR count). The fourth-order valence-electron chi connectivity index (χ4n) is 3.08. The zero-order chi connectivity index (χ0) is 21.6. The molecule has 31 heavy (non-hydrogen) atoms. The number of nitriles is 1. The summed E-state index contributed by atoms with van der Waals surface area (Å²) in [6.45, 7) is 0.591. The third kappa shape index (κ3) is 4.94. The van der Waals surface area contributed by atoms with Crippen LogP contribution in [0.2, 0.25) is 0 Å². The molecule has 0 aliphatic heterocycles. The van der Waals surface area contributed by atoms with E-state index in [0.29, 0.717) is 35.3 Å². The Balaban J connectivity index is 1.41. The summed E-state index contributed by atoms with van der Waals surface area (Å²) in [7, 11) is 0. The van der Waals surface area contributed by atoms with Gasteiger partial charge in [-0.05, 0) is 42.3 Å². The van der Waals surface area contributed by atoms with E-state index in [1.54, 1.807) is 24.4 Å². The summed E-state index contributed by atoms with van der Waals surface area (Å²) in [4.78, 5) is 24.0. The van der Waals surface area contributed by atoms with E-state index in [9.17, 15) is 10.1 Å². The average molecular weight is 430 g/mol. The fraction of sp³-hybridized carbons (Fsp3) is 0.136. The van der Waals surface area contributed by atoms with Crippen molar-refractivity contribution in [3.05, 3.63) is 77.1 Å². The molecule has 0 radical (unpaired) electrons. The van der Waals surface area contributed by atoms with Crippen LogP contribution < -0.4 is 10.6 Å². The van der Waals surface area contributed by atoms with E-state index in [2.05, 4.69) is 31.7 Å². The Bertz CT molecular complexity index is 1220. The number of amides is 1. The van der Waals surface area contributed by atoms with Gasteiger partial charge in [0.2, 0.25) is 5.95 Å². The van der Waals surface area contributed by atoms with E-state index in [1.165, 1.54) is 11.3 Å². The number of hydrogen-bond acceptors (Lipinski definition) is 7. The lowest BCUT2D eigenvalue weighted by atomic mass is 10.1. The molecule has 2 heterocycles. The predicted molar refractivity (Wildman–Crippen MR) is 119 cm³/mol. The molecular formula is C22H18N6O2S. The Morgan fingerprint density at radius 1 is 1.13 bits per heavy atom. The van der Waals surface area contributed by atoms with E-state index < -0.39 is 12.0 Å². The van der Waals surface area contributed by atoms with Crippen LogP contribution in [0.1, 0.15) is 22.2 Å². The normalized spacial score (nSPS) is 11.6. The summed E-state index contributed by atoms with van der Waals surface area (Å²) < 4.78 is 1.04. The molecule has 1 atom stereocenters. The van der Waals surface area contributed by atoms with Gasteiger partial charge in [-0.25, -0.2) is 19.7 Å². The molecule has 0 aliphatic rings. The van der Waals surface area contributed by atoms with Gasteiger partial charge in [-0.15, -0.1) is 11.3 Å². The number of carbonyl (C=O) groups is 1. The molecule has 2 aromatic heterocycles. The second-order valence-electron chi connectivity index (χ2n) is 6.69. The summed E-state index contributed by atoms with van der Waals surface area (Å²) in [5.41, 5.74) is 3.05. The topological polar surface area (TPSA) is 124 Å². The Labute approximate surface area is 182 Å². The number of para-hydroxylation sites is 1. The number of anilines is 2. The number of thiazole rings is 1. The van der Waals surface area contributed by atoms with Crippen LogP contribution in [0.25, 0.3) is 10.2 Å². The number of fused-ring (bicyclic) bond motifs is 1. The van der Waals surface area contributed by atoms with Crippen molar-refractivity contribution in [2.45, 2.75) is 12.3 Å². The highest BCUT2D eigenvalue weighted by atomic mass is 32.1. The Morgan fingerprint density at radius 3 is 2.68 bits per heavy atom. The van der Waals surface area contributed by atoms with Crippen LogP contribution in [-0.4, -0.2) is 32.7 Å². The van der Waals surface area contributed by atoms with Crippen molar-refractivity contribution in [2.75, 3.05) is 17.2 Å². The van der Waals surface area contributed by atoms with Gasteiger partial charge in [0, 0.05) is 18.4 Å². The molecule has 4 aromatic rings. The van der Waals surface area contributed by atoms with E-state index >= 15 is 0 Å². The van der Waals surface area contributed by atoms with Gasteiger partial charge in [-0.1, -0.05) is 24.3 Å². The molecule has 3 N–H and O–H groups in total. The lowest BCUT2D eigenvalue weighted by Crippen LogP contribution is -2.10. The van der Waals surface area contributed by atoms with Crippen LogP contribution >= 0.6 is 11.3 Å². The minimum atomic E-state index is -1.09. The molecule has 0 bridgehead atoms. The van der Waals surface area contributed by atoms with Gasteiger partial charge in [-0.2, -0.15) is 5.26 Å². The van der Waals surface area contributed by atoms with Gasteiger partial charge in [0.1, 0.15) is 10.9 Å². The number of benzene rings is 2. The third-order valence-corrected chi connectivity index (χ3v) is 5.66. The largest absolute Gasteiger partial charge is 0.465 e. The number of rotatable bonds is 7. The van der Waals surface area contributed by atoms with Crippen molar-refractivity contribution in [3.63, 3.8) is 0 Å². The van der Waals surface area contributed by atoms with Crippen LogP contribution in [0.3, 0.4) is 0 Å². The fourth-order valence-corrected chi connectivity index (χ4v) is 4.10. The van der Waals surface area contributed by atoms with Crippen molar-refractivity contribution in [1.82, 2.24) is 15.0 Å². The predicted octanol–water partition coefficient (Wildman–Crippen LogP) is 4.49. The van der Waals surface area contributed by atoms with Crippen molar-refractivity contribution >= 4 is 39.3 Å². The average Bonchev–Trinajstić information content (AvgIpc) is 3.19. The summed E-state index contributed by atoms with van der Waals surface area (Å²) >= 11 is 1.49. The summed E-state index contributed by atoms with van der Waals surface area (Å²) in [5, 5.41) is 24.7. The molecule has 0 aliphatic carbocycles. The van der Waals surface area contributed by atoms with Crippen LogP contribution in [0.4, 0.5) is 16.4 Å². The van der Waals surface area contributed by atoms with Gasteiger partial charge >= 0.3 is 6.09 Å². The van der Waals surface area contributed by atoms with Gasteiger partial charge in [-0.3, -0.25) is 5.32 Å². The molecule has 0 fully saturated rings. The van der Waals surface area contributed by atoms with Crippen molar-refractivity contribution < 1.29 is 9.90 Å². The van der Waals surface area contributed by atoms with Gasteiger partial charge in [0.15, 0.2) is 0 Å². The first-order chi connectivity index (χ1) is 15.1. The second kappa shape index (κ2) is 9.19. The van der Waals surface area contributed by atoms with Crippen LogP contribution in [0.5, 0.6) is 0 Å². The van der Waals surface area contributed by atoms with Crippen LogP contribution in [0.15, 0.2) is 60.8 Å². The van der Waals surface area contributed by atoms with Crippen molar-refractivity contribution in [1.29, 1.82) is 5.26 Å². The minimum absolute atomic E-state index is 0.447. The molecule has 2 aromatic carbocycles. The first kappa shape index (κ1) is 20.3. The van der Waals surface area contributed by atoms with Crippen molar-refractivity contribution in [3.8, 4) is 6.07 Å². The first-order valence-electron chi connectivity index (χ1n) is 9.53. The van der Waals surface area contributed by atoms with E-state index in [-0.39, 0.29) is 0 Å². The van der Waals surface area contributed by atoms with Gasteiger partial charge < -0.3 is 10.4 Å². The quantitative estimate of drug-likeness (QED) is 0.395. The standard InChI is InChI=1S/C22H18N6O2S/c23-13-16(20-27-18-3-1-2-4-19(18)31-20)17-10-12-25-21(28-17)24-11-9-14-5-7-15(8-6-14)26-22(29)30/h1-8,10,12,16,26H,9,11H2,(H,29,30)(H,24,25,28).